The monoisotopic (exact) mass is 337 g/mol. The zero-order valence-corrected chi connectivity index (χ0v) is 12.8. The topological polar surface area (TPSA) is 69.7 Å². The van der Waals surface area contributed by atoms with Gasteiger partial charge in [0.2, 0.25) is 6.93 Å². The maximum Gasteiger partial charge on any atom is 0.293 e. The smallest absolute Gasteiger partial charge is 0.293 e. The molecule has 0 aromatic carbocycles. The Balaban J connectivity index is 0. The van der Waals surface area contributed by atoms with Crippen LogP contribution in [0.25, 0.3) is 0 Å². The minimum Gasteiger partial charge on any atom is -0.467 e. The number of carbonyl (C=O) groups is 2. The molecule has 2 heterocycles. The molecule has 0 saturated heterocycles. The molecule has 0 radical (unpaired) electrons. The maximum absolute atomic E-state index is 10.1. The molecule has 0 amide bonds. The lowest BCUT2D eigenvalue weighted by molar-refractivity contribution is -0.130. The first kappa shape index (κ1) is 20.5. The van der Waals surface area contributed by atoms with Crippen molar-refractivity contribution in [2.24, 2.45) is 0 Å². The second-order valence-electron chi connectivity index (χ2n) is 3.59. The molecule has 23 heavy (non-hydrogen) atoms. The maximum atomic E-state index is 10.1. The van der Waals surface area contributed by atoms with Crippen LogP contribution in [0.3, 0.4) is 0 Å². The molecule has 0 saturated carbocycles. The molecule has 0 unspecified atom stereocenters. The molecule has 0 aliphatic rings. The van der Waals surface area contributed by atoms with E-state index in [0.29, 0.717) is 18.5 Å². The number of carbonyl (C=O) groups excluding carboxylic acids is 2. The molecule has 8 heteroatoms. The summed E-state index contributed by atoms with van der Waals surface area (Å²) in [7, 11) is -1.00. The van der Waals surface area contributed by atoms with Crippen LogP contribution >= 0.6 is 0 Å². The first-order valence-electron chi connectivity index (χ1n) is 6.78. The van der Waals surface area contributed by atoms with Crippen LogP contribution in [0.4, 0.5) is 13.2 Å². The Kier molecular flexibility index (Phi) is 14.1. The fourth-order valence-electron chi connectivity index (χ4n) is 1.21. The summed E-state index contributed by atoms with van der Waals surface area (Å²) in [5.41, 5.74) is 0. The van der Waals surface area contributed by atoms with Gasteiger partial charge >= 0.3 is 0 Å². The van der Waals surface area contributed by atoms with Crippen molar-refractivity contribution >= 4 is 12.8 Å². The Morgan fingerprint density at radius 1 is 1.13 bits per heavy atom. The lowest BCUT2D eigenvalue weighted by Crippen LogP contribution is -1.86. The number of halogens is 3. The Morgan fingerprint density at radius 3 is 1.96 bits per heavy atom. The number of alkyl halides is 3. The highest BCUT2D eigenvalue weighted by Gasteiger charge is 1.99. The summed E-state index contributed by atoms with van der Waals surface area (Å²) in [6.45, 7) is 2.51. The van der Waals surface area contributed by atoms with Crippen LogP contribution in [0.1, 0.15) is 29.2 Å². The van der Waals surface area contributed by atoms with Crippen LogP contribution in [-0.4, -0.2) is 26.8 Å². The number of hydrogen-bond acceptors (Lipinski definition) is 5. The van der Waals surface area contributed by atoms with E-state index in [1.165, 1.54) is 6.07 Å². The van der Waals surface area contributed by atoms with Crippen molar-refractivity contribution in [3.63, 3.8) is 0 Å². The van der Waals surface area contributed by atoms with Crippen molar-refractivity contribution in [2.75, 3.05) is 14.1 Å². The highest BCUT2D eigenvalue weighted by atomic mass is 19.3. The van der Waals surface area contributed by atoms with E-state index in [1.54, 1.807) is 6.07 Å². The Morgan fingerprint density at radius 2 is 1.65 bits per heavy atom. The van der Waals surface area contributed by atoms with Gasteiger partial charge in [0, 0.05) is 0 Å². The lowest BCUT2D eigenvalue weighted by Gasteiger charge is -1.90. The number of aryl methyl sites for hydroxylation is 2. The normalized spacial score (nSPS) is 8.83. The van der Waals surface area contributed by atoms with Crippen molar-refractivity contribution < 1.29 is 37.7 Å². The van der Waals surface area contributed by atoms with Gasteiger partial charge in [0.05, 0.1) is 8.52 Å². The number of hydrogen-bond donors (Lipinski definition) is 0. The SMILES string of the molecule is Cc1ccc(C)o1.FCF.O=COCc1ccc(C=O)o1.[2H]CF. The Hall–Kier alpha value is -2.51. The second kappa shape index (κ2) is 15.9. The van der Waals surface area contributed by atoms with Gasteiger partial charge in [0.25, 0.3) is 6.47 Å². The van der Waals surface area contributed by atoms with E-state index >= 15 is 0 Å². The molecule has 0 fully saturated rings. The van der Waals surface area contributed by atoms with Crippen molar-refractivity contribution in [1.29, 1.82) is 0 Å². The molecule has 0 aliphatic carbocycles. The van der Waals surface area contributed by atoms with Gasteiger partial charge in [-0.1, -0.05) is 0 Å². The highest BCUT2D eigenvalue weighted by Crippen LogP contribution is 2.05. The van der Waals surface area contributed by atoms with Crippen LogP contribution in [-0.2, 0) is 16.1 Å². The van der Waals surface area contributed by atoms with Gasteiger partial charge in [-0.25, -0.2) is 8.78 Å². The largest absolute Gasteiger partial charge is 0.467 e. The third-order valence-electron chi connectivity index (χ3n) is 1.97. The lowest BCUT2D eigenvalue weighted by atomic mass is 10.4. The number of aldehydes is 1. The Labute approximate surface area is 133 Å². The molecular weight excluding hydrogens is 317 g/mol. The molecule has 0 atom stereocenters. The van der Waals surface area contributed by atoms with Gasteiger partial charge in [-0.15, -0.1) is 0 Å². The van der Waals surface area contributed by atoms with Crippen molar-refractivity contribution in [2.45, 2.75) is 20.5 Å². The van der Waals surface area contributed by atoms with E-state index in [0.717, 1.165) is 11.5 Å². The average molecular weight is 337 g/mol. The molecule has 0 N–H and O–H groups in total. The van der Waals surface area contributed by atoms with E-state index in [1.807, 2.05) is 26.0 Å². The third-order valence-corrected chi connectivity index (χ3v) is 1.97. The van der Waals surface area contributed by atoms with Crippen molar-refractivity contribution in [3.05, 3.63) is 47.3 Å². The quantitative estimate of drug-likeness (QED) is 0.785. The number of ether oxygens (including phenoxy) is 1. The molecule has 130 valence electrons. The molecular formula is C15H19F3O5. The summed E-state index contributed by atoms with van der Waals surface area (Å²) in [6, 6.07) is 6.99. The van der Waals surface area contributed by atoms with E-state index in [4.69, 9.17) is 10.2 Å². The van der Waals surface area contributed by atoms with Crippen LogP contribution in [0.15, 0.2) is 33.1 Å². The molecule has 0 bridgehead atoms. The zero-order chi connectivity index (χ0) is 18.8. The predicted octanol–water partition coefficient (Wildman–Crippen LogP) is 4.13. The first-order valence-corrected chi connectivity index (χ1v) is 6.08. The van der Waals surface area contributed by atoms with Crippen LogP contribution in [0.5, 0.6) is 0 Å². The average Bonchev–Trinajstić information content (AvgIpc) is 3.16. The van der Waals surface area contributed by atoms with Gasteiger partial charge in [0.15, 0.2) is 12.0 Å². The number of rotatable bonds is 4. The van der Waals surface area contributed by atoms with Crippen LogP contribution < -0.4 is 0 Å². The standard InChI is InChI=1S/C7H6O4.C6H8O.CH2F2.CH3F/c8-3-6-1-2-7(11-6)4-10-5-9;1-5-3-4-6(2)7-5;2-1-3;1-2/h1-3,5H,4H2;3-4H,1-2H3;1H2;1H3/i;;;1D. The fourth-order valence-corrected chi connectivity index (χ4v) is 1.21. The zero-order valence-electron chi connectivity index (χ0n) is 13.8. The molecule has 2 aromatic rings. The highest BCUT2D eigenvalue weighted by molar-refractivity contribution is 5.70. The molecule has 2 rings (SSSR count). The summed E-state index contributed by atoms with van der Waals surface area (Å²) in [5, 5.41) is 0. The molecule has 2 aromatic heterocycles. The van der Waals surface area contributed by atoms with E-state index in [9.17, 15) is 22.8 Å². The van der Waals surface area contributed by atoms with Crippen LogP contribution in [0.2, 0.25) is 0 Å². The van der Waals surface area contributed by atoms with Gasteiger partial charge in [0.1, 0.15) is 23.9 Å². The molecule has 0 spiro atoms. The van der Waals surface area contributed by atoms with E-state index in [2.05, 4.69) is 4.74 Å². The minimum atomic E-state index is -1.75. The fraction of sp³-hybridized carbons (Fsp3) is 0.333. The van der Waals surface area contributed by atoms with E-state index < -0.39 is 14.1 Å². The van der Waals surface area contributed by atoms with Crippen molar-refractivity contribution in [3.8, 4) is 0 Å². The van der Waals surface area contributed by atoms with Crippen LogP contribution in [0, 0.1) is 13.8 Å². The van der Waals surface area contributed by atoms with Crippen molar-refractivity contribution in [1.82, 2.24) is 0 Å². The summed E-state index contributed by atoms with van der Waals surface area (Å²) >= 11 is 0. The second-order valence-corrected chi connectivity index (χ2v) is 3.59. The van der Waals surface area contributed by atoms with Gasteiger partial charge in [-0.2, -0.15) is 0 Å². The van der Waals surface area contributed by atoms with E-state index in [-0.39, 0.29) is 12.4 Å². The minimum absolute atomic E-state index is 0.0668. The summed E-state index contributed by atoms with van der Waals surface area (Å²) in [4.78, 5) is 19.8. The molecule has 0 aliphatic heterocycles. The number of furan rings is 2. The summed E-state index contributed by atoms with van der Waals surface area (Å²) in [5.74, 6) is 2.66. The summed E-state index contributed by atoms with van der Waals surface area (Å²) < 4.78 is 49.1. The van der Waals surface area contributed by atoms with Gasteiger partial charge < -0.3 is 13.6 Å². The predicted molar refractivity (Wildman–Crippen MR) is 77.2 cm³/mol. The third kappa shape index (κ3) is 12.9. The van der Waals surface area contributed by atoms with Gasteiger partial charge in [-0.05, 0) is 38.1 Å². The first-order chi connectivity index (χ1) is 11.5. The summed E-state index contributed by atoms with van der Waals surface area (Å²) in [6.07, 6.45) is 0.588. The molecule has 5 nitrogen and oxygen atoms in total. The van der Waals surface area contributed by atoms with Gasteiger partial charge in [-0.3, -0.25) is 14.0 Å². The Bertz CT molecular complexity index is 524.